The minimum absolute atomic E-state index is 0.257. The number of aryl methyl sites for hydroxylation is 1. The number of fused-ring (bicyclic) bond motifs is 1. The van der Waals surface area contributed by atoms with E-state index >= 15 is 0 Å². The van der Waals surface area contributed by atoms with Crippen molar-refractivity contribution in [3.05, 3.63) is 88.9 Å². The smallest absolute Gasteiger partial charge is 0.266 e. The molecule has 2 saturated heterocycles. The van der Waals surface area contributed by atoms with Gasteiger partial charge in [0, 0.05) is 24.8 Å². The Hall–Kier alpha value is -3.35. The molecule has 7 heteroatoms. The molecule has 3 atom stereocenters. The average Bonchev–Trinajstić information content (AvgIpc) is 3.31. The molecular formula is C26H24ClN3O3. The summed E-state index contributed by atoms with van der Waals surface area (Å²) in [4.78, 5) is 36.5. The van der Waals surface area contributed by atoms with E-state index in [1.807, 2.05) is 74.4 Å². The van der Waals surface area contributed by atoms with Crippen LogP contribution in [0.5, 0.6) is 0 Å². The number of hydrogen-bond acceptors (Lipinski definition) is 5. The molecule has 0 bridgehead atoms. The molecule has 0 spiro atoms. The fourth-order valence-corrected chi connectivity index (χ4v) is 4.61. The Morgan fingerprint density at radius 2 is 1.42 bits per heavy atom. The van der Waals surface area contributed by atoms with Crippen LogP contribution in [-0.4, -0.2) is 32.0 Å². The van der Waals surface area contributed by atoms with Gasteiger partial charge in [0.2, 0.25) is 5.91 Å². The van der Waals surface area contributed by atoms with Gasteiger partial charge in [0.05, 0.1) is 17.4 Å². The van der Waals surface area contributed by atoms with E-state index in [9.17, 15) is 9.59 Å². The maximum atomic E-state index is 13.6. The monoisotopic (exact) mass is 461 g/mol. The average molecular weight is 462 g/mol. The molecule has 2 aliphatic heterocycles. The first-order valence-electron chi connectivity index (χ1n) is 10.8. The Morgan fingerprint density at radius 1 is 0.818 bits per heavy atom. The van der Waals surface area contributed by atoms with Gasteiger partial charge in [-0.2, -0.15) is 0 Å². The molecule has 0 unspecified atom stereocenters. The van der Waals surface area contributed by atoms with Crippen molar-refractivity contribution in [1.82, 2.24) is 0 Å². The highest BCUT2D eigenvalue weighted by Gasteiger charge is 2.60. The number of rotatable bonds is 4. The highest BCUT2D eigenvalue weighted by Crippen LogP contribution is 2.47. The number of amides is 2. The fraction of sp³-hybridized carbons (Fsp3) is 0.231. The van der Waals surface area contributed by atoms with Crippen LogP contribution in [0.25, 0.3) is 0 Å². The summed E-state index contributed by atoms with van der Waals surface area (Å²) in [5, 5.41) is 2.28. The van der Waals surface area contributed by atoms with Crippen LogP contribution in [0.1, 0.15) is 17.2 Å². The molecule has 33 heavy (non-hydrogen) atoms. The Morgan fingerprint density at radius 3 is 2.03 bits per heavy atom. The number of hydrogen-bond donors (Lipinski definition) is 0. The van der Waals surface area contributed by atoms with E-state index in [0.29, 0.717) is 10.7 Å². The van der Waals surface area contributed by atoms with Crippen LogP contribution in [0.15, 0.2) is 72.8 Å². The van der Waals surface area contributed by atoms with E-state index in [1.165, 1.54) is 4.90 Å². The Balaban J connectivity index is 1.57. The Bertz CT molecular complexity index is 1190. The zero-order chi connectivity index (χ0) is 23.3. The molecule has 0 saturated carbocycles. The number of benzene rings is 3. The van der Waals surface area contributed by atoms with Crippen molar-refractivity contribution >= 4 is 40.5 Å². The number of hydroxylamine groups is 1. The van der Waals surface area contributed by atoms with Gasteiger partial charge >= 0.3 is 0 Å². The van der Waals surface area contributed by atoms with Crippen LogP contribution in [0.4, 0.5) is 17.1 Å². The minimum Gasteiger partial charge on any atom is -0.378 e. The van der Waals surface area contributed by atoms with Crippen LogP contribution in [-0.2, 0) is 14.4 Å². The predicted molar refractivity (Wildman–Crippen MR) is 129 cm³/mol. The van der Waals surface area contributed by atoms with Crippen LogP contribution >= 0.6 is 11.6 Å². The van der Waals surface area contributed by atoms with Gasteiger partial charge in [-0.15, -0.1) is 0 Å². The SMILES string of the molecule is Cc1ccc(N2C(=O)[C@H]3[C@H](ON(c4ccc(Cl)cc4)[C@H]3c3ccc(N(C)C)cc3)C2=O)cc1. The molecule has 0 radical (unpaired) electrons. The van der Waals surface area contributed by atoms with Gasteiger partial charge in [-0.05, 0) is 61.0 Å². The number of carbonyl (C=O) groups excluding carboxylic acids is 2. The first kappa shape index (κ1) is 21.5. The van der Waals surface area contributed by atoms with Gasteiger partial charge in [0.25, 0.3) is 5.91 Å². The first-order valence-corrected chi connectivity index (χ1v) is 11.2. The topological polar surface area (TPSA) is 53.1 Å². The van der Waals surface area contributed by atoms with Crippen molar-refractivity contribution in [3.63, 3.8) is 0 Å². The largest absolute Gasteiger partial charge is 0.378 e. The molecule has 2 heterocycles. The molecule has 3 aromatic carbocycles. The molecule has 6 nitrogen and oxygen atoms in total. The summed E-state index contributed by atoms with van der Waals surface area (Å²) in [6.45, 7) is 1.96. The van der Waals surface area contributed by atoms with Gasteiger partial charge in [0.1, 0.15) is 5.92 Å². The minimum atomic E-state index is -0.895. The number of anilines is 3. The lowest BCUT2D eigenvalue weighted by Crippen LogP contribution is -2.37. The Kier molecular flexibility index (Phi) is 5.35. The van der Waals surface area contributed by atoms with E-state index in [4.69, 9.17) is 16.4 Å². The van der Waals surface area contributed by atoms with E-state index in [2.05, 4.69) is 0 Å². The van der Waals surface area contributed by atoms with Crippen molar-refractivity contribution in [3.8, 4) is 0 Å². The first-order chi connectivity index (χ1) is 15.8. The van der Waals surface area contributed by atoms with E-state index in [1.54, 1.807) is 29.3 Å². The molecular weight excluding hydrogens is 438 g/mol. The molecule has 168 valence electrons. The standard InChI is InChI=1S/C26H24ClN3O3/c1-16-4-10-20(11-5-16)29-25(31)22-23(17-6-12-19(13-7-17)28(2)3)30(33-24(22)26(29)32)21-14-8-18(27)9-15-21/h4-15,22-24H,1-3H3/t22-,23+,24+/m1/s1. The molecule has 2 amide bonds. The lowest BCUT2D eigenvalue weighted by Gasteiger charge is -2.29. The van der Waals surface area contributed by atoms with Gasteiger partial charge in [0.15, 0.2) is 6.10 Å². The highest BCUT2D eigenvalue weighted by atomic mass is 35.5. The molecule has 0 aliphatic carbocycles. The third kappa shape index (κ3) is 3.65. The quantitative estimate of drug-likeness (QED) is 0.524. The number of halogens is 1. The van der Waals surface area contributed by atoms with Crippen LogP contribution in [0.2, 0.25) is 5.02 Å². The lowest BCUT2D eigenvalue weighted by atomic mass is 9.90. The van der Waals surface area contributed by atoms with Gasteiger partial charge in [-0.1, -0.05) is 41.4 Å². The maximum Gasteiger partial charge on any atom is 0.266 e. The van der Waals surface area contributed by atoms with Crippen molar-refractivity contribution in [2.75, 3.05) is 29.0 Å². The predicted octanol–water partition coefficient (Wildman–Crippen LogP) is 4.77. The number of imide groups is 1. The molecule has 2 fully saturated rings. The summed E-state index contributed by atoms with van der Waals surface area (Å²) >= 11 is 6.08. The summed E-state index contributed by atoms with van der Waals surface area (Å²) < 4.78 is 0. The van der Waals surface area contributed by atoms with Gasteiger partial charge in [-0.25, -0.2) is 9.96 Å². The van der Waals surface area contributed by atoms with Crippen molar-refractivity contribution in [2.24, 2.45) is 5.92 Å². The van der Waals surface area contributed by atoms with E-state index in [0.717, 1.165) is 22.5 Å². The summed E-state index contributed by atoms with van der Waals surface area (Å²) in [6, 6.07) is 22.1. The van der Waals surface area contributed by atoms with Crippen LogP contribution in [0, 0.1) is 12.8 Å². The van der Waals surface area contributed by atoms with E-state index < -0.39 is 18.1 Å². The van der Waals surface area contributed by atoms with Gasteiger partial charge < -0.3 is 4.90 Å². The van der Waals surface area contributed by atoms with Crippen molar-refractivity contribution < 1.29 is 14.4 Å². The Labute approximate surface area is 197 Å². The molecule has 3 aromatic rings. The maximum absolute atomic E-state index is 13.6. The second-order valence-electron chi connectivity index (χ2n) is 8.63. The summed E-state index contributed by atoms with van der Waals surface area (Å²) in [6.07, 6.45) is -0.895. The number of carbonyl (C=O) groups is 2. The third-order valence-electron chi connectivity index (χ3n) is 6.24. The molecule has 5 rings (SSSR count). The molecule has 2 aliphatic rings. The second kappa shape index (κ2) is 8.21. The fourth-order valence-electron chi connectivity index (χ4n) is 4.48. The summed E-state index contributed by atoms with van der Waals surface area (Å²) in [7, 11) is 3.95. The third-order valence-corrected chi connectivity index (χ3v) is 6.49. The zero-order valence-electron chi connectivity index (χ0n) is 18.6. The van der Waals surface area contributed by atoms with Gasteiger partial charge in [-0.3, -0.25) is 14.4 Å². The highest BCUT2D eigenvalue weighted by molar-refractivity contribution is 6.30. The normalized spacial score (nSPS) is 22.1. The number of nitrogens with zero attached hydrogens (tertiary/aromatic N) is 3. The molecule has 0 N–H and O–H groups in total. The summed E-state index contributed by atoms with van der Waals surface area (Å²) in [5.74, 6) is -1.27. The van der Waals surface area contributed by atoms with Crippen molar-refractivity contribution in [1.29, 1.82) is 0 Å². The van der Waals surface area contributed by atoms with E-state index in [-0.39, 0.29) is 11.8 Å². The van der Waals surface area contributed by atoms with Crippen LogP contribution < -0.4 is 14.9 Å². The summed E-state index contributed by atoms with van der Waals surface area (Å²) in [5.41, 5.74) is 4.30. The second-order valence-corrected chi connectivity index (χ2v) is 9.07. The lowest BCUT2D eigenvalue weighted by molar-refractivity contribution is -0.126. The van der Waals surface area contributed by atoms with Crippen molar-refractivity contribution in [2.45, 2.75) is 19.1 Å². The molecule has 0 aromatic heterocycles. The van der Waals surface area contributed by atoms with Crippen LogP contribution in [0.3, 0.4) is 0 Å². The zero-order valence-corrected chi connectivity index (χ0v) is 19.4.